The summed E-state index contributed by atoms with van der Waals surface area (Å²) in [7, 11) is 0. The second-order valence-corrected chi connectivity index (χ2v) is 6.38. The standard InChI is InChI=1S/C17H16Cl2N6O/c1-11(23-26-10-14-4-6-16(19)21-8-14)17-12(2)25(24-22-17)9-13-3-5-15(18)20-7-13/h3-8H,9-10H2,1-2H3/b23-11+. The van der Waals surface area contributed by atoms with Gasteiger partial charge in [-0.05, 0) is 31.5 Å². The Morgan fingerprint density at radius 2 is 1.73 bits per heavy atom. The van der Waals surface area contributed by atoms with Crippen molar-refractivity contribution < 1.29 is 4.84 Å². The summed E-state index contributed by atoms with van der Waals surface area (Å²) in [5, 5.41) is 13.4. The van der Waals surface area contributed by atoms with E-state index in [0.717, 1.165) is 16.8 Å². The third-order valence-corrected chi connectivity index (χ3v) is 4.11. The molecule has 0 aliphatic rings. The molecule has 0 spiro atoms. The van der Waals surface area contributed by atoms with E-state index in [1.54, 1.807) is 29.2 Å². The molecule has 0 aliphatic heterocycles. The minimum Gasteiger partial charge on any atom is -0.391 e. The van der Waals surface area contributed by atoms with Crippen LogP contribution in [0.1, 0.15) is 29.4 Å². The lowest BCUT2D eigenvalue weighted by atomic mass is 10.2. The Morgan fingerprint density at radius 3 is 2.35 bits per heavy atom. The highest BCUT2D eigenvalue weighted by atomic mass is 35.5. The van der Waals surface area contributed by atoms with E-state index in [9.17, 15) is 0 Å². The summed E-state index contributed by atoms with van der Waals surface area (Å²) in [6, 6.07) is 7.19. The molecule has 3 aromatic rings. The summed E-state index contributed by atoms with van der Waals surface area (Å²) in [5.41, 5.74) is 4.07. The molecule has 134 valence electrons. The van der Waals surface area contributed by atoms with E-state index in [0.29, 0.717) is 34.9 Å². The van der Waals surface area contributed by atoms with Crippen LogP contribution in [-0.4, -0.2) is 30.7 Å². The first-order chi connectivity index (χ1) is 12.5. The van der Waals surface area contributed by atoms with E-state index in [2.05, 4.69) is 25.4 Å². The van der Waals surface area contributed by atoms with Gasteiger partial charge in [0, 0.05) is 18.0 Å². The summed E-state index contributed by atoms with van der Waals surface area (Å²) in [6.07, 6.45) is 3.36. The van der Waals surface area contributed by atoms with Crippen LogP contribution in [-0.2, 0) is 18.0 Å². The van der Waals surface area contributed by atoms with Gasteiger partial charge in [0.15, 0.2) is 0 Å². The molecule has 0 N–H and O–H groups in total. The highest BCUT2D eigenvalue weighted by molar-refractivity contribution is 6.29. The molecule has 0 bridgehead atoms. The average molecular weight is 391 g/mol. The zero-order chi connectivity index (χ0) is 18.5. The van der Waals surface area contributed by atoms with Crippen molar-refractivity contribution in [3.63, 3.8) is 0 Å². The quantitative estimate of drug-likeness (QED) is 0.364. The summed E-state index contributed by atoms with van der Waals surface area (Å²) in [5.74, 6) is 0. The maximum Gasteiger partial charge on any atom is 0.143 e. The van der Waals surface area contributed by atoms with Crippen LogP contribution in [0.15, 0.2) is 41.8 Å². The predicted octanol–water partition coefficient (Wildman–Crippen LogP) is 3.67. The molecule has 0 aromatic carbocycles. The van der Waals surface area contributed by atoms with Gasteiger partial charge in [-0.2, -0.15) is 0 Å². The third kappa shape index (κ3) is 4.56. The van der Waals surface area contributed by atoms with E-state index >= 15 is 0 Å². The molecule has 7 nitrogen and oxygen atoms in total. The average Bonchev–Trinajstić information content (AvgIpc) is 2.99. The molecular weight excluding hydrogens is 375 g/mol. The number of oxime groups is 1. The third-order valence-electron chi connectivity index (χ3n) is 3.67. The molecular formula is C17H16Cl2N6O. The first-order valence-electron chi connectivity index (χ1n) is 7.81. The largest absolute Gasteiger partial charge is 0.391 e. The van der Waals surface area contributed by atoms with Gasteiger partial charge in [-0.25, -0.2) is 14.6 Å². The van der Waals surface area contributed by atoms with Crippen molar-refractivity contribution >= 4 is 28.9 Å². The zero-order valence-electron chi connectivity index (χ0n) is 14.2. The Bertz CT molecular complexity index is 906. The van der Waals surface area contributed by atoms with Gasteiger partial charge >= 0.3 is 0 Å². The number of nitrogens with zero attached hydrogens (tertiary/aromatic N) is 6. The molecule has 3 rings (SSSR count). The number of halogens is 2. The summed E-state index contributed by atoms with van der Waals surface area (Å²) in [4.78, 5) is 13.4. The van der Waals surface area contributed by atoms with Crippen LogP contribution in [0.25, 0.3) is 0 Å². The monoisotopic (exact) mass is 390 g/mol. The second kappa shape index (κ2) is 8.25. The van der Waals surface area contributed by atoms with Crippen LogP contribution < -0.4 is 0 Å². The number of pyridine rings is 2. The van der Waals surface area contributed by atoms with Crippen molar-refractivity contribution in [3.05, 3.63) is 69.5 Å². The van der Waals surface area contributed by atoms with Gasteiger partial charge in [-0.15, -0.1) is 5.10 Å². The van der Waals surface area contributed by atoms with Crippen LogP contribution in [0, 0.1) is 6.92 Å². The van der Waals surface area contributed by atoms with Crippen molar-refractivity contribution in [3.8, 4) is 0 Å². The Hall–Kier alpha value is -2.51. The number of aromatic nitrogens is 5. The Kier molecular flexibility index (Phi) is 5.80. The Labute approximate surface area is 160 Å². The molecule has 26 heavy (non-hydrogen) atoms. The van der Waals surface area contributed by atoms with Crippen LogP contribution in [0.5, 0.6) is 0 Å². The number of hydrogen-bond donors (Lipinski definition) is 0. The lowest BCUT2D eigenvalue weighted by Gasteiger charge is -2.04. The van der Waals surface area contributed by atoms with Crippen molar-refractivity contribution in [1.82, 2.24) is 25.0 Å². The predicted molar refractivity (Wildman–Crippen MR) is 99.4 cm³/mol. The minimum absolute atomic E-state index is 0.297. The summed E-state index contributed by atoms with van der Waals surface area (Å²) >= 11 is 11.6. The smallest absolute Gasteiger partial charge is 0.143 e. The topological polar surface area (TPSA) is 78.1 Å². The lowest BCUT2D eigenvalue weighted by Crippen LogP contribution is -2.06. The zero-order valence-corrected chi connectivity index (χ0v) is 15.7. The van der Waals surface area contributed by atoms with Crippen LogP contribution in [0.4, 0.5) is 0 Å². The highest BCUT2D eigenvalue weighted by Crippen LogP contribution is 2.11. The fourth-order valence-corrected chi connectivity index (χ4v) is 2.48. The molecule has 0 atom stereocenters. The molecule has 0 unspecified atom stereocenters. The van der Waals surface area contributed by atoms with Gasteiger partial charge < -0.3 is 4.84 Å². The summed E-state index contributed by atoms with van der Waals surface area (Å²) in [6.45, 7) is 4.60. The molecule has 0 amide bonds. The second-order valence-electron chi connectivity index (χ2n) is 5.61. The minimum atomic E-state index is 0.297. The SMILES string of the molecule is C/C(=N\OCc1ccc(Cl)nc1)c1nnn(Cc2ccc(Cl)nc2)c1C. The van der Waals surface area contributed by atoms with Crippen molar-refractivity contribution in [2.75, 3.05) is 0 Å². The van der Waals surface area contributed by atoms with Crippen LogP contribution in [0.3, 0.4) is 0 Å². The first-order valence-corrected chi connectivity index (χ1v) is 8.56. The van der Waals surface area contributed by atoms with Gasteiger partial charge in [0.25, 0.3) is 0 Å². The maximum absolute atomic E-state index is 5.81. The van der Waals surface area contributed by atoms with Crippen molar-refractivity contribution in [2.24, 2.45) is 5.16 Å². The van der Waals surface area contributed by atoms with E-state index in [-0.39, 0.29) is 0 Å². The van der Waals surface area contributed by atoms with Gasteiger partial charge in [0.05, 0.1) is 12.2 Å². The van der Waals surface area contributed by atoms with Gasteiger partial charge in [-0.1, -0.05) is 45.7 Å². The summed E-state index contributed by atoms with van der Waals surface area (Å²) < 4.78 is 1.78. The first kappa shape index (κ1) is 18.3. The van der Waals surface area contributed by atoms with Gasteiger partial charge in [-0.3, -0.25) is 0 Å². The van der Waals surface area contributed by atoms with E-state index < -0.39 is 0 Å². The normalized spacial score (nSPS) is 11.6. The fourth-order valence-electron chi connectivity index (χ4n) is 2.26. The molecule has 9 heteroatoms. The Morgan fingerprint density at radius 1 is 1.08 bits per heavy atom. The van der Waals surface area contributed by atoms with Crippen LogP contribution in [0.2, 0.25) is 10.3 Å². The van der Waals surface area contributed by atoms with Crippen molar-refractivity contribution in [2.45, 2.75) is 27.0 Å². The fraction of sp³-hybridized carbons (Fsp3) is 0.235. The molecule has 0 saturated carbocycles. The highest BCUT2D eigenvalue weighted by Gasteiger charge is 2.12. The van der Waals surface area contributed by atoms with Gasteiger partial charge in [0.1, 0.15) is 28.3 Å². The number of rotatable bonds is 6. The van der Waals surface area contributed by atoms with E-state index in [1.165, 1.54) is 0 Å². The molecule has 3 heterocycles. The van der Waals surface area contributed by atoms with E-state index in [4.69, 9.17) is 28.0 Å². The molecule has 3 aromatic heterocycles. The van der Waals surface area contributed by atoms with E-state index in [1.807, 2.05) is 26.0 Å². The van der Waals surface area contributed by atoms with Gasteiger partial charge in [0.2, 0.25) is 0 Å². The molecule has 0 saturated heterocycles. The van der Waals surface area contributed by atoms with Crippen molar-refractivity contribution in [1.29, 1.82) is 0 Å². The van der Waals surface area contributed by atoms with Crippen LogP contribution >= 0.6 is 23.2 Å². The lowest BCUT2D eigenvalue weighted by molar-refractivity contribution is 0.130. The molecule has 0 fully saturated rings. The Balaban J connectivity index is 1.65. The maximum atomic E-state index is 5.81. The number of hydrogen-bond acceptors (Lipinski definition) is 6. The molecule has 0 radical (unpaired) electrons. The molecule has 0 aliphatic carbocycles.